The number of aryl methyl sites for hydroxylation is 6. The number of piperidine rings is 6. The van der Waals surface area contributed by atoms with Crippen molar-refractivity contribution in [3.63, 3.8) is 0 Å². The minimum absolute atomic E-state index is 0.0394. The molecule has 19 heteroatoms. The molecule has 0 radical (unpaired) electrons. The first-order valence-electron chi connectivity index (χ1n) is 54.1. The largest absolute Gasteiger partial charge is 0.399 e. The summed E-state index contributed by atoms with van der Waals surface area (Å²) < 4.78 is 10.8. The number of Topliss-reactive ketones (excluding diaryl/α,β-unsaturated/α-hetero) is 1. The van der Waals surface area contributed by atoms with Crippen LogP contribution in [0.5, 0.6) is 0 Å². The Labute approximate surface area is 876 Å². The van der Waals surface area contributed by atoms with E-state index in [4.69, 9.17) is 11.5 Å². The zero-order valence-electron chi connectivity index (χ0n) is 91.8. The molecular formula is C126H179BN14O4. The average Bonchev–Trinajstić information content (AvgIpc) is 0.825. The van der Waals surface area contributed by atoms with Crippen molar-refractivity contribution in [1.29, 1.82) is 0 Å². The molecule has 15 rings (SSSR count). The second-order valence-electron chi connectivity index (χ2n) is 42.9. The monoisotopic (exact) mass is 1960 g/mol. The molecule has 6 aliphatic heterocycles. The minimum Gasteiger partial charge on any atom is -0.399 e. The maximum atomic E-state index is 13.2. The molecule has 0 saturated carbocycles. The predicted octanol–water partition coefficient (Wildman–Crippen LogP) is 24.8. The molecule has 6 aliphatic rings. The van der Waals surface area contributed by atoms with Crippen LogP contribution in [0.3, 0.4) is 0 Å². The van der Waals surface area contributed by atoms with Crippen molar-refractivity contribution >= 4 is 65.0 Å². The van der Waals surface area contributed by atoms with Crippen LogP contribution in [0.15, 0.2) is 288 Å². The molecule has 18 nitrogen and oxygen atoms in total. The number of benzene rings is 9. The van der Waals surface area contributed by atoms with Crippen LogP contribution in [-0.2, 0) is 38.7 Å². The number of nitrogens with zero attached hydrogens (tertiary/aromatic N) is 10. The molecule has 0 aromatic heterocycles. The van der Waals surface area contributed by atoms with E-state index in [0.29, 0.717) is 68.4 Å². The van der Waals surface area contributed by atoms with Crippen molar-refractivity contribution in [3.8, 4) is 0 Å². The summed E-state index contributed by atoms with van der Waals surface area (Å²) in [6, 6.07) is 85.2. The first kappa shape index (κ1) is 117. The van der Waals surface area contributed by atoms with Gasteiger partial charge in [0.2, 0.25) is 5.91 Å². The number of hydrogen-bond acceptors (Lipinski definition) is 16. The Kier molecular flexibility index (Phi) is 51.7. The van der Waals surface area contributed by atoms with E-state index in [1.807, 2.05) is 59.2 Å². The van der Waals surface area contributed by atoms with E-state index in [-0.39, 0.29) is 23.9 Å². The molecular weight excluding hydrogens is 1780 g/mol. The SMILES string of the molecule is CC(C)=CCN(c1ccc(C)cc1)C1CCCN(C(=O)[C@@H](N)CC(C)C)C1.CC(C)=CCN(c1ccc(C)cc1)C1CCCN(C(=O)[C@H](CC(C)C)N=CB=O)C1.CC(C)=CCN(c1ccc(C)cc1)C1CCCN(Cc2ccccc2)C1.CC(C)=CCN(c1ccc(C)cc1)C1CCCNC1.Cc1ccc(N)cc1.Cc1ccc(NC2CCCN(Cc3ccccc3)C2)cc1.O=C1CCCN(Cc2ccccc2)C1. The van der Waals surface area contributed by atoms with Gasteiger partial charge in [-0.3, -0.25) is 24.3 Å². The molecule has 9 aromatic rings. The Balaban J connectivity index is 0.000000193. The Morgan fingerprint density at radius 2 is 0.759 bits per heavy atom. The second kappa shape index (κ2) is 63.9. The van der Waals surface area contributed by atoms with Crippen LogP contribution in [-0.4, -0.2) is 202 Å². The minimum atomic E-state index is -0.473. The molecule has 145 heavy (non-hydrogen) atoms. The number of allylic oxidation sites excluding steroid dienone is 4. The summed E-state index contributed by atoms with van der Waals surface area (Å²) in [5, 5.41) is 7.20. The van der Waals surface area contributed by atoms with E-state index in [1.165, 1.54) is 165 Å². The third-order valence-corrected chi connectivity index (χ3v) is 27.6. The molecule has 6 N–H and O–H groups in total. The third-order valence-electron chi connectivity index (χ3n) is 27.6. The summed E-state index contributed by atoms with van der Waals surface area (Å²) in [5.74, 6) is 1.31. The number of ketones is 1. The fraction of sp³-hybridized carbons (Fsp3) is 0.476. The number of likely N-dealkylation sites (tertiary alicyclic amines) is 5. The predicted molar refractivity (Wildman–Crippen MR) is 618 cm³/mol. The number of nitrogen functional groups attached to an aromatic ring is 1. The van der Waals surface area contributed by atoms with Crippen molar-refractivity contribution in [2.45, 2.75) is 276 Å². The topological polar surface area (TPSA) is 186 Å². The van der Waals surface area contributed by atoms with E-state index >= 15 is 0 Å². The van der Waals surface area contributed by atoms with Gasteiger partial charge in [0.05, 0.1) is 12.6 Å². The standard InChI is InChI=1S/C24H36BN3O2.C24H32N2.C23H37N3O.C19H24N2.C17H26N2.C12H15NO.C7H9N/c1-18(2)12-14-28(21-10-8-20(5)9-11-21)22-7-6-13-27(16-22)24(29)23(15-19(3)4)26-17-25-30;1-20(2)15-17-26(23-13-11-21(3)12-14-23)24-10-7-16-25(19-24)18-22-8-5-4-6-9-22;1-17(2)12-14-26(20-10-8-19(5)9-11-20)21-7-6-13-25(16-21)23(27)22(24)15-18(3)4;1-16-9-11-18(12-10-16)20-19-8-5-13-21(15-19)14-17-6-3-2-4-7-17;1-14(2)10-12-19(17-5-4-11-18-13-17)16-8-6-15(3)7-9-16;14-12-7-4-8-13(10-12)9-11-5-2-1-3-6-11;1-6-2-4-7(8)5-3-6/h8-12,17,19,22-23H,6-7,13-16H2,1-5H3;4-6,8-9,11-15,24H,7,10,16-19H2,1-3H3;8-12,18,21-22H,6-7,13-16,24H2,1-5H3;2-4,6-7,9-12,19-20H,5,8,13-15H2,1H3;6-10,17-18H,4-5,11-13H2,1-3H3;1-3,5-6H,4,7-10H2;2-5H,8H2,1H3/t22?,23-;;21?,22-;;;;/m0.0..../s1. The van der Waals surface area contributed by atoms with Gasteiger partial charge in [-0.2, -0.15) is 0 Å². The molecule has 6 saturated heterocycles. The number of rotatable bonds is 32. The number of nitrogens with one attached hydrogen (secondary N) is 2. The summed E-state index contributed by atoms with van der Waals surface area (Å²) in [6.45, 7) is 56.7. The fourth-order valence-corrected chi connectivity index (χ4v) is 19.5. The van der Waals surface area contributed by atoms with Crippen LogP contribution in [0, 0.1) is 53.4 Å². The Bertz CT molecular complexity index is 5320. The molecule has 5 unspecified atom stereocenters. The maximum Gasteiger partial charge on any atom is 0.146 e. The van der Waals surface area contributed by atoms with Crippen molar-refractivity contribution in [1.82, 2.24) is 29.8 Å². The van der Waals surface area contributed by atoms with Gasteiger partial charge < -0.3 is 41.7 Å². The zero-order valence-corrected chi connectivity index (χ0v) is 91.8. The number of nitrogens with two attached hydrogens (primary N) is 2. The Morgan fingerprint density at radius 3 is 1.13 bits per heavy atom. The number of carbonyl (C=O) groups excluding carboxylic acids is 3. The molecule has 6 heterocycles. The van der Waals surface area contributed by atoms with Crippen molar-refractivity contribution in [2.75, 3.05) is 135 Å². The van der Waals surface area contributed by atoms with Crippen LogP contribution in [0.4, 0.5) is 34.1 Å². The Morgan fingerprint density at radius 1 is 0.414 bits per heavy atom. The second-order valence-corrected chi connectivity index (χ2v) is 42.9. The number of hydrogen-bond donors (Lipinski definition) is 4. The van der Waals surface area contributed by atoms with Crippen LogP contribution in [0.1, 0.15) is 223 Å². The fourth-order valence-electron chi connectivity index (χ4n) is 19.5. The van der Waals surface area contributed by atoms with Gasteiger partial charge in [-0.25, -0.2) is 0 Å². The average molecular weight is 1960 g/mol. The summed E-state index contributed by atoms with van der Waals surface area (Å²) in [6.07, 6.45) is 25.4. The molecule has 6 fully saturated rings. The van der Waals surface area contributed by atoms with Gasteiger partial charge in [-0.05, 0) is 257 Å². The van der Waals surface area contributed by atoms with Crippen molar-refractivity contribution < 1.29 is 19.1 Å². The molecule has 780 valence electrons. The summed E-state index contributed by atoms with van der Waals surface area (Å²) in [4.78, 5) is 62.9. The first-order valence-corrected chi connectivity index (χ1v) is 54.1. The van der Waals surface area contributed by atoms with E-state index < -0.39 is 6.04 Å². The van der Waals surface area contributed by atoms with Crippen molar-refractivity contribution in [3.05, 3.63) is 333 Å². The van der Waals surface area contributed by atoms with Gasteiger partial charge >= 0.3 is 175 Å². The maximum absolute atomic E-state index is 13.2. The molecule has 7 atom stereocenters. The molecule has 2 amide bonds. The van der Waals surface area contributed by atoms with Crippen LogP contribution in [0.2, 0.25) is 0 Å². The molecule has 0 bridgehead atoms. The van der Waals surface area contributed by atoms with Gasteiger partial charge in [-0.15, -0.1) is 0 Å². The number of carbonyl (C=O) groups is 3. The Hall–Kier alpha value is -11.3. The van der Waals surface area contributed by atoms with Crippen LogP contribution < -0.4 is 41.7 Å². The van der Waals surface area contributed by atoms with Gasteiger partial charge in [0, 0.05) is 131 Å². The first-order chi connectivity index (χ1) is 69.8. The zero-order chi connectivity index (χ0) is 104. The summed E-state index contributed by atoms with van der Waals surface area (Å²) in [5.41, 5.74) is 36.0. The number of amides is 2. The van der Waals surface area contributed by atoms with Gasteiger partial charge in [-0.1, -0.05) is 228 Å². The van der Waals surface area contributed by atoms with Crippen LogP contribution >= 0.6 is 0 Å². The molecule has 0 aliphatic carbocycles. The third kappa shape index (κ3) is 44.1. The van der Waals surface area contributed by atoms with Crippen LogP contribution in [0.25, 0.3) is 0 Å². The summed E-state index contributed by atoms with van der Waals surface area (Å²) in [7, 11) is 0.651. The van der Waals surface area contributed by atoms with E-state index in [9.17, 15) is 19.1 Å². The van der Waals surface area contributed by atoms with E-state index in [2.05, 4.69) is 386 Å². The number of aliphatic imine (C=N–C) groups is 1. The van der Waals surface area contributed by atoms with Gasteiger partial charge in [0.25, 0.3) is 0 Å². The summed E-state index contributed by atoms with van der Waals surface area (Å²) >= 11 is 0. The smallest absolute Gasteiger partial charge is 0.146 e. The van der Waals surface area contributed by atoms with E-state index in [1.54, 1.807) is 0 Å². The normalized spacial score (nSPS) is 17.8. The van der Waals surface area contributed by atoms with E-state index in [0.717, 1.165) is 142 Å². The van der Waals surface area contributed by atoms with Gasteiger partial charge in [0.15, 0.2) is 0 Å². The van der Waals surface area contributed by atoms with Crippen molar-refractivity contribution in [2.24, 2.45) is 22.6 Å². The quantitative estimate of drug-likeness (QED) is 0.0135. The van der Waals surface area contributed by atoms with Gasteiger partial charge in [0.1, 0.15) is 5.78 Å². The molecule has 9 aromatic carbocycles. The number of anilines is 6. The molecule has 0 spiro atoms.